The van der Waals surface area contributed by atoms with E-state index in [0.29, 0.717) is 0 Å². The van der Waals surface area contributed by atoms with Crippen molar-refractivity contribution in [2.45, 2.75) is 33.8 Å². The Morgan fingerprint density at radius 2 is 1.55 bits per heavy atom. The molecule has 106 valence electrons. The van der Waals surface area contributed by atoms with E-state index in [0.717, 1.165) is 33.6 Å². The lowest BCUT2D eigenvalue weighted by atomic mass is 9.94. The molecule has 1 unspecified atom stereocenters. The summed E-state index contributed by atoms with van der Waals surface area (Å²) in [6.07, 6.45) is -0.664. The minimum absolute atomic E-state index is 0.664. The lowest BCUT2D eigenvalue weighted by Gasteiger charge is -2.19. The maximum absolute atomic E-state index is 10.7. The molecule has 0 saturated carbocycles. The largest absolute Gasteiger partial charge is 0.496 e. The first kappa shape index (κ1) is 14.6. The lowest BCUT2D eigenvalue weighted by Crippen LogP contribution is -2.05. The van der Waals surface area contributed by atoms with E-state index in [9.17, 15) is 5.11 Å². The van der Waals surface area contributed by atoms with Crippen LogP contribution in [-0.2, 0) is 0 Å². The summed E-state index contributed by atoms with van der Waals surface area (Å²) >= 11 is 0. The molecule has 0 spiro atoms. The van der Waals surface area contributed by atoms with E-state index >= 15 is 0 Å². The Bertz CT molecular complexity index is 609. The average Bonchev–Trinajstić information content (AvgIpc) is 2.39. The third kappa shape index (κ3) is 2.70. The second-order valence-corrected chi connectivity index (χ2v) is 5.45. The van der Waals surface area contributed by atoms with Gasteiger partial charge in [-0.25, -0.2) is 0 Å². The van der Waals surface area contributed by atoms with Gasteiger partial charge in [0.2, 0.25) is 0 Å². The number of hydrogen-bond acceptors (Lipinski definition) is 2. The fraction of sp³-hybridized carbons (Fsp3) is 0.333. The number of rotatable bonds is 3. The number of aliphatic hydroxyl groups excluding tert-OH is 1. The Hall–Kier alpha value is -1.80. The average molecular weight is 270 g/mol. The van der Waals surface area contributed by atoms with Gasteiger partial charge < -0.3 is 9.84 Å². The third-order valence-electron chi connectivity index (χ3n) is 3.77. The van der Waals surface area contributed by atoms with E-state index in [1.54, 1.807) is 7.11 Å². The summed E-state index contributed by atoms with van der Waals surface area (Å²) in [4.78, 5) is 0. The highest BCUT2D eigenvalue weighted by Crippen LogP contribution is 2.34. The first-order valence-electron chi connectivity index (χ1n) is 6.84. The molecule has 0 amide bonds. The van der Waals surface area contributed by atoms with Crippen LogP contribution < -0.4 is 4.74 Å². The zero-order valence-electron chi connectivity index (χ0n) is 12.8. The highest BCUT2D eigenvalue weighted by molar-refractivity contribution is 5.49. The molecule has 0 fully saturated rings. The van der Waals surface area contributed by atoms with Crippen molar-refractivity contribution in [3.05, 3.63) is 63.7 Å². The normalized spacial score (nSPS) is 12.3. The number of methoxy groups -OCH3 is 1. The number of benzene rings is 2. The molecular weight excluding hydrogens is 248 g/mol. The Labute approximate surface area is 121 Å². The van der Waals surface area contributed by atoms with E-state index in [1.165, 1.54) is 5.56 Å². The standard InChI is InChI=1S/C18H22O2/c1-11-8-12(2)10-15(9-11)17(19)16-7-6-13(3)14(4)18(16)20-5/h6-10,17,19H,1-5H3. The second kappa shape index (κ2) is 5.68. The van der Waals surface area contributed by atoms with Crippen LogP contribution in [0.15, 0.2) is 30.3 Å². The van der Waals surface area contributed by atoms with Gasteiger partial charge in [-0.1, -0.05) is 41.5 Å². The van der Waals surface area contributed by atoms with Gasteiger partial charge in [-0.05, 0) is 44.4 Å². The van der Waals surface area contributed by atoms with Crippen molar-refractivity contribution in [3.8, 4) is 5.75 Å². The first-order valence-corrected chi connectivity index (χ1v) is 6.84. The molecule has 0 heterocycles. The molecule has 0 bridgehead atoms. The zero-order chi connectivity index (χ0) is 14.9. The van der Waals surface area contributed by atoms with Crippen LogP contribution in [0.1, 0.15) is 39.5 Å². The molecule has 2 heteroatoms. The van der Waals surface area contributed by atoms with Crippen LogP contribution >= 0.6 is 0 Å². The molecule has 0 saturated heterocycles. The van der Waals surface area contributed by atoms with Gasteiger partial charge in [0.15, 0.2) is 0 Å². The molecule has 0 aliphatic carbocycles. The summed E-state index contributed by atoms with van der Waals surface area (Å²) in [7, 11) is 1.65. The zero-order valence-corrected chi connectivity index (χ0v) is 12.8. The van der Waals surface area contributed by atoms with Crippen molar-refractivity contribution in [1.82, 2.24) is 0 Å². The van der Waals surface area contributed by atoms with Crippen molar-refractivity contribution in [3.63, 3.8) is 0 Å². The van der Waals surface area contributed by atoms with Crippen LogP contribution in [0.3, 0.4) is 0 Å². The van der Waals surface area contributed by atoms with Gasteiger partial charge in [0.25, 0.3) is 0 Å². The maximum atomic E-state index is 10.7. The van der Waals surface area contributed by atoms with Gasteiger partial charge in [0.05, 0.1) is 7.11 Å². The van der Waals surface area contributed by atoms with E-state index in [-0.39, 0.29) is 0 Å². The molecule has 0 aliphatic rings. The molecule has 2 rings (SSSR count). The molecule has 0 aromatic heterocycles. The van der Waals surface area contributed by atoms with Crippen molar-refractivity contribution in [2.75, 3.05) is 7.11 Å². The Kier molecular flexibility index (Phi) is 4.15. The highest BCUT2D eigenvalue weighted by atomic mass is 16.5. The third-order valence-corrected chi connectivity index (χ3v) is 3.77. The van der Waals surface area contributed by atoms with Crippen molar-refractivity contribution in [2.24, 2.45) is 0 Å². The van der Waals surface area contributed by atoms with Crippen LogP contribution in [0.4, 0.5) is 0 Å². The van der Waals surface area contributed by atoms with Crippen molar-refractivity contribution < 1.29 is 9.84 Å². The summed E-state index contributed by atoms with van der Waals surface area (Å²) in [5.74, 6) is 0.775. The lowest BCUT2D eigenvalue weighted by molar-refractivity contribution is 0.214. The molecule has 20 heavy (non-hydrogen) atoms. The topological polar surface area (TPSA) is 29.5 Å². The summed E-state index contributed by atoms with van der Waals surface area (Å²) in [6, 6.07) is 10.1. The van der Waals surface area contributed by atoms with E-state index in [2.05, 4.69) is 6.07 Å². The molecule has 1 N–H and O–H groups in total. The molecule has 2 aromatic rings. The van der Waals surface area contributed by atoms with Crippen LogP contribution in [0.25, 0.3) is 0 Å². The fourth-order valence-electron chi connectivity index (χ4n) is 2.64. The van der Waals surface area contributed by atoms with Gasteiger partial charge in [-0.15, -0.1) is 0 Å². The summed E-state index contributed by atoms with van der Waals surface area (Å²) < 4.78 is 5.50. The molecule has 0 aliphatic heterocycles. The van der Waals surface area contributed by atoms with Crippen LogP contribution in [0, 0.1) is 27.7 Å². The summed E-state index contributed by atoms with van der Waals surface area (Å²) in [5.41, 5.74) is 6.28. The van der Waals surface area contributed by atoms with E-state index < -0.39 is 6.10 Å². The summed E-state index contributed by atoms with van der Waals surface area (Å²) in [6.45, 7) is 8.15. The molecule has 1 atom stereocenters. The fourth-order valence-corrected chi connectivity index (χ4v) is 2.64. The predicted octanol–water partition coefficient (Wildman–Crippen LogP) is 4.01. The maximum Gasteiger partial charge on any atom is 0.128 e. The molecular formula is C18H22O2. The van der Waals surface area contributed by atoms with Gasteiger partial charge in [0.1, 0.15) is 11.9 Å². The minimum Gasteiger partial charge on any atom is -0.496 e. The number of aliphatic hydroxyl groups is 1. The molecule has 2 aromatic carbocycles. The van der Waals surface area contributed by atoms with Gasteiger partial charge >= 0.3 is 0 Å². The number of hydrogen-bond donors (Lipinski definition) is 1. The van der Waals surface area contributed by atoms with Crippen LogP contribution in [0.2, 0.25) is 0 Å². The van der Waals surface area contributed by atoms with Gasteiger partial charge in [-0.3, -0.25) is 0 Å². The monoisotopic (exact) mass is 270 g/mol. The Morgan fingerprint density at radius 1 is 0.950 bits per heavy atom. The highest BCUT2D eigenvalue weighted by Gasteiger charge is 2.18. The predicted molar refractivity (Wildman–Crippen MR) is 82.4 cm³/mol. The first-order chi connectivity index (χ1) is 9.43. The second-order valence-electron chi connectivity index (χ2n) is 5.45. The number of ether oxygens (including phenoxy) is 1. The molecule has 0 radical (unpaired) electrons. The minimum atomic E-state index is -0.664. The molecule has 2 nitrogen and oxygen atoms in total. The van der Waals surface area contributed by atoms with Gasteiger partial charge in [0, 0.05) is 5.56 Å². The van der Waals surface area contributed by atoms with Crippen molar-refractivity contribution in [1.29, 1.82) is 0 Å². The number of aryl methyl sites for hydroxylation is 3. The Morgan fingerprint density at radius 3 is 2.10 bits per heavy atom. The van der Waals surface area contributed by atoms with Gasteiger partial charge in [-0.2, -0.15) is 0 Å². The van der Waals surface area contributed by atoms with E-state index in [1.807, 2.05) is 52.0 Å². The SMILES string of the molecule is COc1c(C(O)c2cc(C)cc(C)c2)ccc(C)c1C. The van der Waals surface area contributed by atoms with Crippen molar-refractivity contribution >= 4 is 0 Å². The smallest absolute Gasteiger partial charge is 0.128 e. The van der Waals surface area contributed by atoms with Crippen LogP contribution in [-0.4, -0.2) is 12.2 Å². The van der Waals surface area contributed by atoms with E-state index in [4.69, 9.17) is 4.74 Å². The summed E-state index contributed by atoms with van der Waals surface area (Å²) in [5, 5.41) is 10.7. The Balaban J connectivity index is 2.53. The van der Waals surface area contributed by atoms with Crippen LogP contribution in [0.5, 0.6) is 5.75 Å². The quantitative estimate of drug-likeness (QED) is 0.913.